The molecule has 0 radical (unpaired) electrons. The van der Waals surface area contributed by atoms with Crippen molar-refractivity contribution in [3.8, 4) is 0 Å². The molecule has 2 aromatic carbocycles. The van der Waals surface area contributed by atoms with Gasteiger partial charge in [0.25, 0.3) is 0 Å². The van der Waals surface area contributed by atoms with E-state index in [9.17, 15) is 62.3 Å². The molecule has 0 unspecified atom stereocenters. The largest absolute Gasteiger partial charge is 0.417 e. The first kappa shape index (κ1) is 28.8. The number of benzene rings is 2. The van der Waals surface area contributed by atoms with Crippen LogP contribution in [0, 0.1) is 0 Å². The molecule has 1 N–H and O–H groups in total. The Bertz CT molecular complexity index is 1150. The first-order chi connectivity index (χ1) is 16.1. The number of halogens is 12. The monoisotopic (exact) mass is 540 g/mol. The number of hydrogen-bond donors (Lipinski definition) is 1. The van der Waals surface area contributed by atoms with Crippen LogP contribution < -0.4 is 10.2 Å². The molecule has 0 aliphatic carbocycles. The van der Waals surface area contributed by atoms with Gasteiger partial charge in [-0.3, -0.25) is 9.59 Å². The number of nitrogens with one attached hydrogen (secondary N) is 1. The lowest BCUT2D eigenvalue weighted by atomic mass is 10.0. The van der Waals surface area contributed by atoms with Crippen molar-refractivity contribution in [3.63, 3.8) is 0 Å². The molecule has 0 saturated carbocycles. The van der Waals surface area contributed by atoms with Gasteiger partial charge in [0.2, 0.25) is 11.8 Å². The molecule has 4 nitrogen and oxygen atoms in total. The number of carbonyl (C=O) groups is 2. The Balaban J connectivity index is 2.25. The van der Waals surface area contributed by atoms with E-state index < -0.39 is 76.6 Å². The van der Waals surface area contributed by atoms with Crippen molar-refractivity contribution >= 4 is 23.2 Å². The maximum absolute atomic E-state index is 13.1. The van der Waals surface area contributed by atoms with Crippen LogP contribution in [-0.2, 0) is 34.3 Å². The molecule has 36 heavy (non-hydrogen) atoms. The molecule has 2 aromatic rings. The Morgan fingerprint density at radius 2 is 1.08 bits per heavy atom. The normalized spacial score (nSPS) is 12.9. The number of hydrogen-bond acceptors (Lipinski definition) is 2. The summed E-state index contributed by atoms with van der Waals surface area (Å²) in [4.78, 5) is 24.6. The van der Waals surface area contributed by atoms with Gasteiger partial charge >= 0.3 is 24.7 Å². The van der Waals surface area contributed by atoms with Crippen LogP contribution in [0.15, 0.2) is 36.4 Å². The summed E-state index contributed by atoms with van der Waals surface area (Å²) in [7, 11) is 0.818. The fourth-order valence-corrected chi connectivity index (χ4v) is 2.93. The zero-order chi connectivity index (χ0) is 27.9. The van der Waals surface area contributed by atoms with Gasteiger partial charge in [0, 0.05) is 18.4 Å². The predicted molar refractivity (Wildman–Crippen MR) is 99.5 cm³/mol. The SMILES string of the molecule is CN(C(=O)CC(=O)Nc1ccc(C(F)(F)F)c(C(F)(F)F)c1)c1ccc(C(F)(F)F)c(C(F)(F)F)c1. The van der Waals surface area contributed by atoms with Crippen molar-refractivity contribution in [1.29, 1.82) is 0 Å². The molecule has 2 rings (SSSR count). The minimum absolute atomic E-state index is 0.0180. The van der Waals surface area contributed by atoms with Gasteiger partial charge < -0.3 is 10.2 Å². The van der Waals surface area contributed by atoms with Gasteiger partial charge in [0.15, 0.2) is 0 Å². The molecule has 0 aliphatic heterocycles. The Labute approximate surface area is 193 Å². The summed E-state index contributed by atoms with van der Waals surface area (Å²) >= 11 is 0. The quantitative estimate of drug-likeness (QED) is 0.345. The second-order valence-corrected chi connectivity index (χ2v) is 7.16. The van der Waals surface area contributed by atoms with Crippen molar-refractivity contribution in [2.75, 3.05) is 17.3 Å². The van der Waals surface area contributed by atoms with Crippen molar-refractivity contribution in [2.45, 2.75) is 31.1 Å². The van der Waals surface area contributed by atoms with Crippen molar-refractivity contribution in [3.05, 3.63) is 58.7 Å². The molecule has 0 heterocycles. The zero-order valence-corrected chi connectivity index (χ0v) is 17.5. The lowest BCUT2D eigenvalue weighted by molar-refractivity contribution is -0.162. The molecule has 0 aromatic heterocycles. The number of amides is 2. The number of anilines is 2. The fraction of sp³-hybridized carbons (Fsp3) is 0.300. The fourth-order valence-electron chi connectivity index (χ4n) is 2.93. The van der Waals surface area contributed by atoms with Crippen LogP contribution in [0.4, 0.5) is 64.1 Å². The molecule has 0 fully saturated rings. The lowest BCUT2D eigenvalue weighted by Gasteiger charge is -2.21. The molecule has 0 spiro atoms. The molecular formula is C20H12F12N2O2. The average molecular weight is 540 g/mol. The summed E-state index contributed by atoms with van der Waals surface area (Å²) in [6.45, 7) is 0. The summed E-state index contributed by atoms with van der Waals surface area (Å²) in [6, 6.07) is 1.12. The van der Waals surface area contributed by atoms with Crippen LogP contribution in [0.5, 0.6) is 0 Å². The van der Waals surface area contributed by atoms with Crippen molar-refractivity contribution in [1.82, 2.24) is 0 Å². The van der Waals surface area contributed by atoms with E-state index in [1.165, 1.54) is 0 Å². The van der Waals surface area contributed by atoms with Crippen LogP contribution in [0.2, 0.25) is 0 Å². The van der Waals surface area contributed by atoms with Gasteiger partial charge in [-0.25, -0.2) is 0 Å². The zero-order valence-electron chi connectivity index (χ0n) is 17.5. The first-order valence-electron chi connectivity index (χ1n) is 9.25. The van der Waals surface area contributed by atoms with Crippen molar-refractivity contribution < 1.29 is 62.3 Å². The van der Waals surface area contributed by atoms with Crippen LogP contribution in [0.1, 0.15) is 28.7 Å². The highest BCUT2D eigenvalue weighted by Crippen LogP contribution is 2.43. The summed E-state index contributed by atoms with van der Waals surface area (Å²) in [5.74, 6) is -2.65. The number of nitrogens with zero attached hydrogens (tertiary/aromatic N) is 1. The Kier molecular flexibility index (Phi) is 7.62. The topological polar surface area (TPSA) is 49.4 Å². The Hall–Kier alpha value is -3.46. The van der Waals surface area contributed by atoms with Crippen molar-refractivity contribution in [2.24, 2.45) is 0 Å². The van der Waals surface area contributed by atoms with E-state index in [1.807, 2.05) is 0 Å². The van der Waals surface area contributed by atoms with E-state index in [0.29, 0.717) is 17.0 Å². The van der Waals surface area contributed by atoms with E-state index >= 15 is 0 Å². The van der Waals surface area contributed by atoms with Gasteiger partial charge in [-0.05, 0) is 36.4 Å². The highest BCUT2D eigenvalue weighted by atomic mass is 19.4. The highest BCUT2D eigenvalue weighted by molar-refractivity contribution is 6.08. The van der Waals surface area contributed by atoms with Gasteiger partial charge in [0.05, 0.1) is 22.3 Å². The smallest absolute Gasteiger partial charge is 0.326 e. The van der Waals surface area contributed by atoms with E-state index in [1.54, 1.807) is 5.32 Å². The summed E-state index contributed by atoms with van der Waals surface area (Å²) < 4.78 is 155. The van der Waals surface area contributed by atoms with E-state index in [2.05, 4.69) is 0 Å². The Morgan fingerprint density at radius 1 is 0.667 bits per heavy atom. The molecule has 0 saturated heterocycles. The molecule has 0 bridgehead atoms. The van der Waals surface area contributed by atoms with Crippen LogP contribution in [0.25, 0.3) is 0 Å². The molecule has 16 heteroatoms. The summed E-state index contributed by atoms with van der Waals surface area (Å²) in [5.41, 5.74) is -9.76. The Morgan fingerprint density at radius 3 is 1.53 bits per heavy atom. The number of carbonyl (C=O) groups excluding carboxylic acids is 2. The maximum Gasteiger partial charge on any atom is 0.417 e. The van der Waals surface area contributed by atoms with Gasteiger partial charge in [-0.1, -0.05) is 0 Å². The van der Waals surface area contributed by atoms with Crippen LogP contribution in [0.3, 0.4) is 0 Å². The summed E-state index contributed by atoms with van der Waals surface area (Å²) in [6.07, 6.45) is -22.9. The van der Waals surface area contributed by atoms with Crippen LogP contribution in [-0.4, -0.2) is 18.9 Å². The summed E-state index contributed by atoms with van der Waals surface area (Å²) in [5, 5.41) is 1.75. The molecule has 0 aliphatic rings. The first-order valence-corrected chi connectivity index (χ1v) is 9.25. The molecule has 2 amide bonds. The second-order valence-electron chi connectivity index (χ2n) is 7.16. The maximum atomic E-state index is 13.1. The highest BCUT2D eigenvalue weighted by Gasteiger charge is 2.44. The second kappa shape index (κ2) is 9.54. The van der Waals surface area contributed by atoms with Gasteiger partial charge in [-0.15, -0.1) is 0 Å². The minimum atomic E-state index is -5.46. The molecule has 0 atom stereocenters. The standard InChI is InChI=1S/C20H12F12N2O2/c1-34(10-3-5-12(18(24,25)26)14(7-10)20(30,31)32)16(36)8-15(35)33-9-2-4-11(17(21,22)23)13(6-9)19(27,28)29/h2-7H,8H2,1H3,(H,33,35). The average Bonchev–Trinajstić information content (AvgIpc) is 2.69. The number of rotatable bonds is 4. The number of alkyl halides is 12. The van der Waals surface area contributed by atoms with E-state index in [4.69, 9.17) is 0 Å². The van der Waals surface area contributed by atoms with Gasteiger partial charge in [-0.2, -0.15) is 52.7 Å². The third-order valence-corrected chi connectivity index (χ3v) is 4.60. The predicted octanol–water partition coefficient (Wildman–Crippen LogP) is 6.75. The van der Waals surface area contributed by atoms with Gasteiger partial charge in [0.1, 0.15) is 6.42 Å². The van der Waals surface area contributed by atoms with Crippen LogP contribution >= 0.6 is 0 Å². The van der Waals surface area contributed by atoms with E-state index in [-0.39, 0.29) is 24.3 Å². The third-order valence-electron chi connectivity index (χ3n) is 4.60. The lowest BCUT2D eigenvalue weighted by Crippen LogP contribution is -2.31. The molecule has 198 valence electrons. The molecular weight excluding hydrogens is 528 g/mol. The minimum Gasteiger partial charge on any atom is -0.326 e. The van der Waals surface area contributed by atoms with E-state index in [0.717, 1.165) is 7.05 Å². The third kappa shape index (κ3) is 6.81.